The molecule has 12 nitrogen and oxygen atoms in total. The summed E-state index contributed by atoms with van der Waals surface area (Å²) in [4.78, 5) is 59.1. The van der Waals surface area contributed by atoms with Gasteiger partial charge in [-0.15, -0.1) is 0 Å². The molecule has 1 fully saturated rings. The third-order valence-corrected chi connectivity index (χ3v) is 6.66. The smallest absolute Gasteiger partial charge is 0.410 e. The minimum absolute atomic E-state index is 0.104. The molecule has 1 N–H and O–H groups in total. The van der Waals surface area contributed by atoms with Crippen LogP contribution in [0.15, 0.2) is 29.2 Å². The number of ether oxygens (including phenoxy) is 1. The van der Waals surface area contributed by atoms with Crippen LogP contribution in [0.2, 0.25) is 0 Å². The first-order valence-electron chi connectivity index (χ1n) is 12.7. The van der Waals surface area contributed by atoms with Crippen LogP contribution in [0.3, 0.4) is 0 Å². The van der Waals surface area contributed by atoms with Gasteiger partial charge in [-0.2, -0.15) is 9.61 Å². The molecule has 0 aliphatic carbocycles. The van der Waals surface area contributed by atoms with Gasteiger partial charge in [0.05, 0.1) is 24.0 Å². The molecule has 2 aliphatic rings. The highest BCUT2D eigenvalue weighted by molar-refractivity contribution is 5.98. The fourth-order valence-corrected chi connectivity index (χ4v) is 4.70. The highest BCUT2D eigenvalue weighted by Crippen LogP contribution is 2.30. The van der Waals surface area contributed by atoms with Crippen molar-refractivity contribution in [2.75, 3.05) is 18.4 Å². The number of aromatic nitrogens is 4. The Bertz CT molecular complexity index is 1530. The van der Waals surface area contributed by atoms with E-state index >= 15 is 0 Å². The van der Waals surface area contributed by atoms with Crippen LogP contribution in [0.1, 0.15) is 62.3 Å². The molecule has 206 valence electrons. The summed E-state index contributed by atoms with van der Waals surface area (Å²) >= 11 is 0. The number of nitrogens with one attached hydrogen (secondary N) is 1. The van der Waals surface area contributed by atoms with Crippen LogP contribution < -0.4 is 10.9 Å². The highest BCUT2D eigenvalue weighted by Gasteiger charge is 2.39. The second-order valence-electron chi connectivity index (χ2n) is 11.1. The monoisotopic (exact) mass is 539 g/mol. The standard InChI is InChI=1S/C26H30FN7O5/c1-14(2)32-12-17-22(24(32)37)33(13-20(35)29-19-7-6-16(27)9-28-19)21-8-18(30-34(21)23(17)36)15-10-31(11-15)25(38)39-26(3,4)5/h6-9,14-15H,10-13H2,1-5H3,(H,28,29,35). The lowest BCUT2D eigenvalue weighted by molar-refractivity contribution is -0.116. The summed E-state index contributed by atoms with van der Waals surface area (Å²) in [5.74, 6) is -1.40. The fourth-order valence-electron chi connectivity index (χ4n) is 4.70. The van der Waals surface area contributed by atoms with Crippen LogP contribution in [0, 0.1) is 5.82 Å². The van der Waals surface area contributed by atoms with Crippen molar-refractivity contribution in [1.82, 2.24) is 29.0 Å². The molecule has 0 spiro atoms. The van der Waals surface area contributed by atoms with E-state index in [2.05, 4.69) is 15.4 Å². The first-order chi connectivity index (χ1) is 18.3. The van der Waals surface area contributed by atoms with Crippen LogP contribution in [-0.4, -0.2) is 71.6 Å². The summed E-state index contributed by atoms with van der Waals surface area (Å²) in [7, 11) is 0. The maximum absolute atomic E-state index is 13.4. The first kappa shape index (κ1) is 26.3. The van der Waals surface area contributed by atoms with Gasteiger partial charge in [0.25, 0.3) is 11.5 Å². The topological polar surface area (TPSA) is 131 Å². The molecule has 0 saturated carbocycles. The number of amides is 3. The Morgan fingerprint density at radius 1 is 1.21 bits per heavy atom. The van der Waals surface area contributed by atoms with Crippen molar-refractivity contribution in [2.45, 2.75) is 65.3 Å². The van der Waals surface area contributed by atoms with Crippen molar-refractivity contribution in [3.63, 3.8) is 0 Å². The number of carbonyl (C=O) groups is 3. The number of fused-ring (bicyclic) bond motifs is 2. The zero-order valence-electron chi connectivity index (χ0n) is 22.4. The summed E-state index contributed by atoms with van der Waals surface area (Å²) in [6.45, 7) is 9.61. The van der Waals surface area contributed by atoms with Gasteiger partial charge in [-0.05, 0) is 46.8 Å². The van der Waals surface area contributed by atoms with Gasteiger partial charge in [-0.1, -0.05) is 0 Å². The molecule has 3 aromatic rings. The van der Waals surface area contributed by atoms with Crippen molar-refractivity contribution < 1.29 is 23.5 Å². The molecule has 0 atom stereocenters. The maximum Gasteiger partial charge on any atom is 0.410 e. The molecular formula is C26H30FN7O5. The Labute approximate surface area is 223 Å². The molecule has 0 bridgehead atoms. The summed E-state index contributed by atoms with van der Waals surface area (Å²) in [5.41, 5.74) is 0.202. The normalized spacial score (nSPS) is 15.6. The van der Waals surface area contributed by atoms with E-state index in [0.29, 0.717) is 18.8 Å². The molecule has 5 rings (SSSR count). The van der Waals surface area contributed by atoms with Crippen molar-refractivity contribution in [2.24, 2.45) is 0 Å². The third-order valence-electron chi connectivity index (χ3n) is 6.66. The van der Waals surface area contributed by atoms with Gasteiger partial charge in [-0.3, -0.25) is 14.4 Å². The van der Waals surface area contributed by atoms with E-state index in [-0.39, 0.29) is 53.7 Å². The van der Waals surface area contributed by atoms with Crippen LogP contribution >= 0.6 is 0 Å². The summed E-state index contributed by atoms with van der Waals surface area (Å²) < 4.78 is 21.3. The fraction of sp³-hybridized carbons (Fsp3) is 0.462. The highest BCUT2D eigenvalue weighted by atomic mass is 19.1. The van der Waals surface area contributed by atoms with Crippen LogP contribution in [0.4, 0.5) is 15.0 Å². The van der Waals surface area contributed by atoms with E-state index in [1.165, 1.54) is 21.2 Å². The van der Waals surface area contributed by atoms with Gasteiger partial charge in [-0.25, -0.2) is 14.2 Å². The van der Waals surface area contributed by atoms with E-state index in [4.69, 9.17) is 4.74 Å². The van der Waals surface area contributed by atoms with Crippen molar-refractivity contribution >= 4 is 29.4 Å². The zero-order chi connectivity index (χ0) is 28.2. The van der Waals surface area contributed by atoms with E-state index in [1.54, 1.807) is 36.6 Å². The summed E-state index contributed by atoms with van der Waals surface area (Å²) in [6.07, 6.45) is 0.559. The predicted molar refractivity (Wildman–Crippen MR) is 138 cm³/mol. The van der Waals surface area contributed by atoms with E-state index in [0.717, 1.165) is 6.20 Å². The van der Waals surface area contributed by atoms with Crippen molar-refractivity contribution in [3.05, 3.63) is 57.5 Å². The van der Waals surface area contributed by atoms with E-state index in [9.17, 15) is 23.6 Å². The molecule has 0 radical (unpaired) electrons. The molecule has 0 unspecified atom stereocenters. The lowest BCUT2D eigenvalue weighted by atomic mass is 9.97. The number of rotatable bonds is 5. The number of halogens is 1. The number of carbonyl (C=O) groups excluding carboxylic acids is 3. The number of hydrogen-bond acceptors (Lipinski definition) is 7. The summed E-state index contributed by atoms with van der Waals surface area (Å²) in [5, 5.41) is 7.12. The second kappa shape index (κ2) is 9.47. The molecule has 3 aromatic heterocycles. The van der Waals surface area contributed by atoms with Gasteiger partial charge in [0, 0.05) is 31.1 Å². The first-order valence-corrected chi connectivity index (χ1v) is 12.7. The minimum Gasteiger partial charge on any atom is -0.444 e. The van der Waals surface area contributed by atoms with Crippen LogP contribution in [-0.2, 0) is 22.6 Å². The molecule has 3 amide bonds. The second-order valence-corrected chi connectivity index (χ2v) is 11.1. The average Bonchev–Trinajstić information content (AvgIpc) is 3.38. The number of pyridine rings is 1. The van der Waals surface area contributed by atoms with E-state index < -0.39 is 29.0 Å². The Hall–Kier alpha value is -4.29. The number of nitrogens with zero attached hydrogens (tertiary/aromatic N) is 6. The van der Waals surface area contributed by atoms with Crippen molar-refractivity contribution in [3.8, 4) is 0 Å². The molecule has 39 heavy (non-hydrogen) atoms. The lowest BCUT2D eigenvalue weighted by Crippen LogP contribution is -2.50. The number of anilines is 1. The molecule has 2 aliphatic heterocycles. The number of likely N-dealkylation sites (tertiary alicyclic amines) is 1. The minimum atomic E-state index is -0.616. The van der Waals surface area contributed by atoms with Gasteiger partial charge in [0.15, 0.2) is 0 Å². The van der Waals surface area contributed by atoms with E-state index in [1.807, 2.05) is 13.8 Å². The van der Waals surface area contributed by atoms with Crippen molar-refractivity contribution in [1.29, 1.82) is 0 Å². The Morgan fingerprint density at radius 3 is 2.54 bits per heavy atom. The molecule has 0 aromatic carbocycles. The van der Waals surface area contributed by atoms with Gasteiger partial charge < -0.3 is 24.4 Å². The number of hydrogen-bond donors (Lipinski definition) is 1. The molecule has 1 saturated heterocycles. The predicted octanol–water partition coefficient (Wildman–Crippen LogP) is 2.37. The quantitative estimate of drug-likeness (QED) is 0.527. The van der Waals surface area contributed by atoms with Crippen LogP contribution in [0.5, 0.6) is 0 Å². The Kier molecular flexibility index (Phi) is 6.39. The molecule has 5 heterocycles. The third kappa shape index (κ3) is 4.95. The van der Waals surface area contributed by atoms with Crippen LogP contribution in [0.25, 0.3) is 5.65 Å². The molecular weight excluding hydrogens is 509 g/mol. The van der Waals surface area contributed by atoms with Gasteiger partial charge in [0.1, 0.15) is 35.1 Å². The lowest BCUT2D eigenvalue weighted by Gasteiger charge is -2.38. The SMILES string of the molecule is CC(C)N1Cc2c(n(CC(=O)Nc3ccc(F)cn3)c3cc(C4CN(C(=O)OC(C)(C)C)C4)nn3c2=O)C1=O. The van der Waals surface area contributed by atoms with Gasteiger partial charge in [0.2, 0.25) is 5.91 Å². The summed E-state index contributed by atoms with van der Waals surface area (Å²) in [6, 6.07) is 4.01. The Morgan fingerprint density at radius 2 is 1.92 bits per heavy atom. The zero-order valence-corrected chi connectivity index (χ0v) is 22.4. The Balaban J connectivity index is 1.48. The van der Waals surface area contributed by atoms with Gasteiger partial charge >= 0.3 is 6.09 Å². The average molecular weight is 540 g/mol. The maximum atomic E-state index is 13.4. The largest absolute Gasteiger partial charge is 0.444 e. The molecule has 13 heteroatoms.